The first-order chi connectivity index (χ1) is 9.13. The molecule has 0 N–H and O–H groups in total. The van der Waals surface area contributed by atoms with Gasteiger partial charge in [-0.2, -0.15) is 0 Å². The first-order valence-corrected chi connectivity index (χ1v) is 7.74. The Morgan fingerprint density at radius 3 is 2.21 bits per heavy atom. The largest absolute Gasteiger partial charge is 0.207 e. The van der Waals surface area contributed by atoms with Crippen molar-refractivity contribution in [3.05, 3.63) is 69.5 Å². The molecule has 1 atom stereocenters. The summed E-state index contributed by atoms with van der Waals surface area (Å²) in [7, 11) is 0. The summed E-state index contributed by atoms with van der Waals surface area (Å²) in [5.74, 6) is -0.200. The molecular weight excluding hydrogens is 350 g/mol. The smallest absolute Gasteiger partial charge is 0.126 e. The third-order valence-corrected chi connectivity index (χ3v) is 4.53. The molecule has 1 unspecified atom stereocenters. The van der Waals surface area contributed by atoms with Crippen LogP contribution in [0.1, 0.15) is 17.0 Å². The van der Waals surface area contributed by atoms with Crippen molar-refractivity contribution >= 4 is 39.1 Å². The molecule has 0 aliphatic carbocycles. The summed E-state index contributed by atoms with van der Waals surface area (Å²) >= 11 is 15.8. The average molecular weight is 362 g/mol. The van der Waals surface area contributed by atoms with E-state index in [9.17, 15) is 4.39 Å². The van der Waals surface area contributed by atoms with E-state index < -0.39 is 0 Å². The molecule has 0 spiro atoms. The molecule has 4 heteroatoms. The Bertz CT molecular complexity index is 552. The van der Waals surface area contributed by atoms with Gasteiger partial charge in [-0.25, -0.2) is 4.39 Å². The standard InChI is InChI=1S/C15H12BrCl2F/c16-9-10(11-4-1-2-7-15(11)19)8-12-13(17)5-3-6-14(12)18/h1-7,10H,8-9H2. The van der Waals surface area contributed by atoms with E-state index in [4.69, 9.17) is 23.2 Å². The summed E-state index contributed by atoms with van der Waals surface area (Å²) in [5, 5.41) is 1.89. The molecule has 2 rings (SSSR count). The van der Waals surface area contributed by atoms with Crippen molar-refractivity contribution < 1.29 is 4.39 Å². The summed E-state index contributed by atoms with van der Waals surface area (Å²) in [6, 6.07) is 12.2. The maximum absolute atomic E-state index is 13.8. The maximum Gasteiger partial charge on any atom is 0.126 e. The monoisotopic (exact) mass is 360 g/mol. The second-order valence-corrected chi connectivity index (χ2v) is 5.74. The predicted octanol–water partition coefficient (Wildman–Crippen LogP) is 5.85. The van der Waals surface area contributed by atoms with Crippen molar-refractivity contribution in [3.8, 4) is 0 Å². The normalized spacial score (nSPS) is 12.4. The van der Waals surface area contributed by atoms with Crippen LogP contribution >= 0.6 is 39.1 Å². The number of hydrogen-bond acceptors (Lipinski definition) is 0. The van der Waals surface area contributed by atoms with Gasteiger partial charge in [-0.1, -0.05) is 63.4 Å². The Hall–Kier alpha value is -0.570. The van der Waals surface area contributed by atoms with Crippen LogP contribution in [0, 0.1) is 5.82 Å². The van der Waals surface area contributed by atoms with Crippen molar-refractivity contribution in [2.24, 2.45) is 0 Å². The van der Waals surface area contributed by atoms with Crippen LogP contribution in [0.5, 0.6) is 0 Å². The van der Waals surface area contributed by atoms with Gasteiger partial charge in [-0.15, -0.1) is 0 Å². The van der Waals surface area contributed by atoms with Crippen molar-refractivity contribution in [1.82, 2.24) is 0 Å². The third kappa shape index (κ3) is 3.50. The molecule has 2 aromatic carbocycles. The summed E-state index contributed by atoms with van der Waals surface area (Å²) in [6.45, 7) is 0. The van der Waals surface area contributed by atoms with Crippen LogP contribution in [0.15, 0.2) is 42.5 Å². The van der Waals surface area contributed by atoms with Gasteiger partial charge >= 0.3 is 0 Å². The Balaban J connectivity index is 2.32. The Morgan fingerprint density at radius 2 is 1.63 bits per heavy atom. The van der Waals surface area contributed by atoms with Crippen molar-refractivity contribution in [1.29, 1.82) is 0 Å². The van der Waals surface area contributed by atoms with E-state index in [1.165, 1.54) is 6.07 Å². The average Bonchev–Trinajstić information content (AvgIpc) is 2.40. The van der Waals surface area contributed by atoms with Crippen LogP contribution < -0.4 is 0 Å². The Morgan fingerprint density at radius 1 is 1.00 bits per heavy atom. The molecule has 19 heavy (non-hydrogen) atoms. The first-order valence-electron chi connectivity index (χ1n) is 5.86. The highest BCUT2D eigenvalue weighted by molar-refractivity contribution is 9.09. The van der Waals surface area contributed by atoms with Gasteiger partial charge < -0.3 is 0 Å². The zero-order valence-electron chi connectivity index (χ0n) is 10.0. The van der Waals surface area contributed by atoms with Gasteiger partial charge in [0.1, 0.15) is 5.82 Å². The molecule has 0 fully saturated rings. The van der Waals surface area contributed by atoms with Gasteiger partial charge in [0.15, 0.2) is 0 Å². The molecule has 0 heterocycles. The topological polar surface area (TPSA) is 0 Å². The van der Waals surface area contributed by atoms with Crippen LogP contribution in [0.4, 0.5) is 4.39 Å². The number of halogens is 4. The highest BCUT2D eigenvalue weighted by Gasteiger charge is 2.17. The summed E-state index contributed by atoms with van der Waals surface area (Å²) < 4.78 is 13.8. The lowest BCUT2D eigenvalue weighted by atomic mass is 9.93. The van der Waals surface area contributed by atoms with Gasteiger partial charge in [0, 0.05) is 21.3 Å². The SMILES string of the molecule is Fc1ccccc1C(CBr)Cc1c(Cl)cccc1Cl. The predicted molar refractivity (Wildman–Crippen MR) is 83.1 cm³/mol. The van der Waals surface area contributed by atoms with Crippen molar-refractivity contribution in [2.45, 2.75) is 12.3 Å². The molecule has 0 saturated heterocycles. The fraction of sp³-hybridized carbons (Fsp3) is 0.200. The van der Waals surface area contributed by atoms with E-state index in [0.717, 1.165) is 5.56 Å². The number of rotatable bonds is 4. The number of hydrogen-bond donors (Lipinski definition) is 0. The lowest BCUT2D eigenvalue weighted by Gasteiger charge is -2.17. The molecular formula is C15H12BrCl2F. The fourth-order valence-corrected chi connectivity index (χ4v) is 3.16. The second-order valence-electron chi connectivity index (χ2n) is 4.28. The minimum atomic E-state index is -0.199. The molecule has 100 valence electrons. The van der Waals surface area contributed by atoms with Gasteiger partial charge in [-0.05, 0) is 35.7 Å². The molecule has 0 bridgehead atoms. The van der Waals surface area contributed by atoms with Gasteiger partial charge in [0.2, 0.25) is 0 Å². The van der Waals surface area contributed by atoms with Crippen molar-refractivity contribution in [3.63, 3.8) is 0 Å². The van der Waals surface area contributed by atoms with Gasteiger partial charge in [0.25, 0.3) is 0 Å². The van der Waals surface area contributed by atoms with E-state index in [-0.39, 0.29) is 11.7 Å². The third-order valence-electron chi connectivity index (χ3n) is 3.04. The van der Waals surface area contributed by atoms with Gasteiger partial charge in [0.05, 0.1) is 0 Å². The number of benzene rings is 2. The number of alkyl halides is 1. The highest BCUT2D eigenvalue weighted by Crippen LogP contribution is 2.32. The van der Waals surface area contributed by atoms with Crippen LogP contribution in [-0.4, -0.2) is 5.33 Å². The zero-order valence-corrected chi connectivity index (χ0v) is 13.1. The summed E-state index contributed by atoms with van der Waals surface area (Å²) in [5.41, 5.74) is 1.54. The maximum atomic E-state index is 13.8. The highest BCUT2D eigenvalue weighted by atomic mass is 79.9. The molecule has 0 radical (unpaired) electrons. The van der Waals surface area contributed by atoms with E-state index in [0.29, 0.717) is 27.4 Å². The van der Waals surface area contributed by atoms with Crippen LogP contribution in [0.25, 0.3) is 0 Å². The molecule has 0 aliphatic heterocycles. The second kappa shape index (κ2) is 6.74. The minimum absolute atomic E-state index is 0.00130. The zero-order chi connectivity index (χ0) is 13.8. The van der Waals surface area contributed by atoms with E-state index in [1.54, 1.807) is 30.3 Å². The lowest BCUT2D eigenvalue weighted by Crippen LogP contribution is -2.07. The van der Waals surface area contributed by atoms with Crippen LogP contribution in [0.2, 0.25) is 10.0 Å². The first kappa shape index (κ1) is 14.8. The van der Waals surface area contributed by atoms with Gasteiger partial charge in [-0.3, -0.25) is 0 Å². The summed E-state index contributed by atoms with van der Waals surface area (Å²) in [4.78, 5) is 0. The van der Waals surface area contributed by atoms with Crippen molar-refractivity contribution in [2.75, 3.05) is 5.33 Å². The quantitative estimate of drug-likeness (QED) is 0.599. The van der Waals surface area contributed by atoms with E-state index >= 15 is 0 Å². The van der Waals surface area contributed by atoms with Crippen LogP contribution in [-0.2, 0) is 6.42 Å². The Kier molecular flexibility index (Phi) is 5.26. The molecule has 0 saturated carbocycles. The Labute approximate surface area is 130 Å². The van der Waals surface area contributed by atoms with E-state index in [1.807, 2.05) is 6.07 Å². The molecule has 0 aromatic heterocycles. The molecule has 0 nitrogen and oxygen atoms in total. The molecule has 0 aliphatic rings. The molecule has 0 amide bonds. The summed E-state index contributed by atoms with van der Waals surface area (Å²) in [6.07, 6.45) is 0.602. The minimum Gasteiger partial charge on any atom is -0.207 e. The molecule has 2 aromatic rings. The van der Waals surface area contributed by atoms with E-state index in [2.05, 4.69) is 15.9 Å². The fourth-order valence-electron chi connectivity index (χ4n) is 2.03. The van der Waals surface area contributed by atoms with Crippen LogP contribution in [0.3, 0.4) is 0 Å². The lowest BCUT2D eigenvalue weighted by molar-refractivity contribution is 0.590.